The molecule has 0 radical (unpaired) electrons. The van der Waals surface area contributed by atoms with Crippen LogP contribution in [0.2, 0.25) is 0 Å². The number of hydrogen-bond acceptors (Lipinski definition) is 2. The summed E-state index contributed by atoms with van der Waals surface area (Å²) < 4.78 is 0. The van der Waals surface area contributed by atoms with Crippen LogP contribution in [0.15, 0.2) is 30.3 Å². The van der Waals surface area contributed by atoms with E-state index < -0.39 is 0 Å². The molecule has 0 saturated heterocycles. The average molecular weight is 305 g/mol. The second-order valence-corrected chi connectivity index (χ2v) is 5.73. The van der Waals surface area contributed by atoms with Crippen LogP contribution >= 0.6 is 15.9 Å². The Bertz CT molecular complexity index is 563. The molecule has 3 rings (SSSR count). The molecule has 2 aromatic rings. The molecular weight excluding hydrogens is 288 g/mol. The average Bonchev–Trinajstić information content (AvgIpc) is 3.20. The van der Waals surface area contributed by atoms with Crippen molar-refractivity contribution < 1.29 is 0 Å². The summed E-state index contributed by atoms with van der Waals surface area (Å²) in [6.45, 7) is 3.20. The van der Waals surface area contributed by atoms with Gasteiger partial charge in [-0.25, -0.2) is 4.98 Å². The van der Waals surface area contributed by atoms with Gasteiger partial charge in [0.15, 0.2) is 0 Å². The molecule has 1 aromatic heterocycles. The summed E-state index contributed by atoms with van der Waals surface area (Å²) in [4.78, 5) is 7.31. The largest absolute Gasteiger partial charge is 0.353 e. The van der Waals surface area contributed by atoms with E-state index in [0.717, 1.165) is 23.2 Å². The van der Waals surface area contributed by atoms with Crippen molar-refractivity contribution in [2.75, 3.05) is 16.8 Å². The normalized spacial score (nSPS) is 15.0. The SMILES string of the molecule is Cc1cc2ccccc2nc1N(CCBr)C1CC1. The van der Waals surface area contributed by atoms with Crippen LogP contribution < -0.4 is 4.90 Å². The van der Waals surface area contributed by atoms with E-state index in [1.165, 1.54) is 23.8 Å². The van der Waals surface area contributed by atoms with Crippen LogP contribution in [0, 0.1) is 6.92 Å². The first kappa shape index (κ1) is 12.0. The maximum Gasteiger partial charge on any atom is 0.132 e. The number of aromatic nitrogens is 1. The number of hydrogen-bond donors (Lipinski definition) is 0. The number of aryl methyl sites for hydroxylation is 1. The zero-order valence-corrected chi connectivity index (χ0v) is 12.2. The predicted molar refractivity (Wildman–Crippen MR) is 80.6 cm³/mol. The lowest BCUT2D eigenvalue weighted by molar-refractivity contribution is 0.814. The Balaban J connectivity index is 2.06. The Morgan fingerprint density at radius 1 is 1.33 bits per heavy atom. The second-order valence-electron chi connectivity index (χ2n) is 4.94. The molecule has 1 aromatic carbocycles. The van der Waals surface area contributed by atoms with Gasteiger partial charge < -0.3 is 4.90 Å². The van der Waals surface area contributed by atoms with Crippen LogP contribution in [0.1, 0.15) is 18.4 Å². The van der Waals surface area contributed by atoms with Gasteiger partial charge in [-0.2, -0.15) is 0 Å². The number of alkyl halides is 1. The summed E-state index contributed by atoms with van der Waals surface area (Å²) in [6.07, 6.45) is 2.61. The first-order valence-corrected chi connectivity index (χ1v) is 7.61. The van der Waals surface area contributed by atoms with Crippen molar-refractivity contribution in [3.8, 4) is 0 Å². The smallest absolute Gasteiger partial charge is 0.132 e. The number of rotatable bonds is 4. The lowest BCUT2D eigenvalue weighted by atomic mass is 10.1. The summed E-state index contributed by atoms with van der Waals surface area (Å²) in [7, 11) is 0. The molecule has 94 valence electrons. The number of halogens is 1. The number of benzene rings is 1. The second kappa shape index (κ2) is 4.88. The van der Waals surface area contributed by atoms with Gasteiger partial charge in [-0.05, 0) is 37.5 Å². The topological polar surface area (TPSA) is 16.1 Å². The predicted octanol–water partition coefficient (Wildman–Crippen LogP) is 3.91. The zero-order chi connectivity index (χ0) is 12.5. The highest BCUT2D eigenvalue weighted by Gasteiger charge is 2.30. The van der Waals surface area contributed by atoms with Crippen molar-refractivity contribution in [3.05, 3.63) is 35.9 Å². The third-order valence-electron chi connectivity index (χ3n) is 3.47. The summed E-state index contributed by atoms with van der Waals surface area (Å²) in [6, 6.07) is 11.3. The van der Waals surface area contributed by atoms with Gasteiger partial charge in [0, 0.05) is 23.3 Å². The third-order valence-corrected chi connectivity index (χ3v) is 3.83. The lowest BCUT2D eigenvalue weighted by Crippen LogP contribution is -2.29. The Morgan fingerprint density at radius 3 is 2.83 bits per heavy atom. The zero-order valence-electron chi connectivity index (χ0n) is 10.6. The molecular formula is C15H17BrN2. The van der Waals surface area contributed by atoms with Gasteiger partial charge in [0.1, 0.15) is 5.82 Å². The quantitative estimate of drug-likeness (QED) is 0.796. The molecule has 1 heterocycles. The maximum absolute atomic E-state index is 4.86. The van der Waals surface area contributed by atoms with Crippen LogP contribution in [0.25, 0.3) is 10.9 Å². The molecule has 2 nitrogen and oxygen atoms in total. The first-order valence-electron chi connectivity index (χ1n) is 6.48. The lowest BCUT2D eigenvalue weighted by Gasteiger charge is -2.24. The van der Waals surface area contributed by atoms with Crippen molar-refractivity contribution in [2.24, 2.45) is 0 Å². The molecule has 1 aliphatic carbocycles. The van der Waals surface area contributed by atoms with E-state index in [0.29, 0.717) is 6.04 Å². The minimum Gasteiger partial charge on any atom is -0.353 e. The summed E-state index contributed by atoms with van der Waals surface area (Å²) in [5.74, 6) is 1.16. The number of pyridine rings is 1. The number of anilines is 1. The van der Waals surface area contributed by atoms with Gasteiger partial charge in [-0.1, -0.05) is 34.1 Å². The number of fused-ring (bicyclic) bond motifs is 1. The minimum absolute atomic E-state index is 0.704. The fraction of sp³-hybridized carbons (Fsp3) is 0.400. The molecule has 1 fully saturated rings. The van der Waals surface area contributed by atoms with E-state index in [1.54, 1.807) is 0 Å². The van der Waals surface area contributed by atoms with E-state index in [9.17, 15) is 0 Å². The molecule has 3 heteroatoms. The van der Waals surface area contributed by atoms with Crippen LogP contribution in [0.3, 0.4) is 0 Å². The van der Waals surface area contributed by atoms with E-state index in [4.69, 9.17) is 4.98 Å². The van der Waals surface area contributed by atoms with Crippen molar-refractivity contribution in [1.82, 2.24) is 4.98 Å². The summed E-state index contributed by atoms with van der Waals surface area (Å²) in [5.41, 5.74) is 2.37. The van der Waals surface area contributed by atoms with Gasteiger partial charge in [0.2, 0.25) is 0 Å². The van der Waals surface area contributed by atoms with Gasteiger partial charge in [0.05, 0.1) is 5.52 Å². The highest BCUT2D eigenvalue weighted by molar-refractivity contribution is 9.09. The third kappa shape index (κ3) is 2.24. The van der Waals surface area contributed by atoms with Gasteiger partial charge in [-0.15, -0.1) is 0 Å². The fourth-order valence-corrected chi connectivity index (χ4v) is 2.82. The van der Waals surface area contributed by atoms with Gasteiger partial charge >= 0.3 is 0 Å². The van der Waals surface area contributed by atoms with Crippen LogP contribution in [0.5, 0.6) is 0 Å². The molecule has 0 unspecified atom stereocenters. The van der Waals surface area contributed by atoms with Crippen LogP contribution in [-0.4, -0.2) is 22.9 Å². The summed E-state index contributed by atoms with van der Waals surface area (Å²) >= 11 is 3.55. The molecule has 1 aliphatic rings. The van der Waals surface area contributed by atoms with Gasteiger partial charge in [-0.3, -0.25) is 0 Å². The van der Waals surface area contributed by atoms with Crippen LogP contribution in [0.4, 0.5) is 5.82 Å². The molecule has 0 bridgehead atoms. The molecule has 1 saturated carbocycles. The molecule has 0 amide bonds. The van der Waals surface area contributed by atoms with Gasteiger partial charge in [0.25, 0.3) is 0 Å². The van der Waals surface area contributed by atoms with Crippen molar-refractivity contribution in [2.45, 2.75) is 25.8 Å². The van der Waals surface area contributed by atoms with Crippen molar-refractivity contribution in [1.29, 1.82) is 0 Å². The molecule has 0 N–H and O–H groups in total. The van der Waals surface area contributed by atoms with Crippen LogP contribution in [-0.2, 0) is 0 Å². The highest BCUT2D eigenvalue weighted by atomic mass is 79.9. The van der Waals surface area contributed by atoms with E-state index >= 15 is 0 Å². The molecule has 18 heavy (non-hydrogen) atoms. The standard InChI is InChI=1S/C15H17BrN2/c1-11-10-12-4-2-3-5-14(12)17-15(11)18(9-8-16)13-6-7-13/h2-5,10,13H,6-9H2,1H3. The van der Waals surface area contributed by atoms with E-state index in [-0.39, 0.29) is 0 Å². The molecule has 0 aliphatic heterocycles. The van der Waals surface area contributed by atoms with Crippen molar-refractivity contribution in [3.63, 3.8) is 0 Å². The fourth-order valence-electron chi connectivity index (χ4n) is 2.44. The Labute approximate surface area is 116 Å². The Morgan fingerprint density at radius 2 is 2.11 bits per heavy atom. The van der Waals surface area contributed by atoms with Crippen molar-refractivity contribution >= 4 is 32.7 Å². The Kier molecular flexibility index (Phi) is 3.25. The molecule has 0 atom stereocenters. The monoisotopic (exact) mass is 304 g/mol. The Hall–Kier alpha value is -1.09. The maximum atomic E-state index is 4.86. The van der Waals surface area contributed by atoms with E-state index in [2.05, 4.69) is 58.1 Å². The van der Waals surface area contributed by atoms with E-state index in [1.807, 2.05) is 0 Å². The highest BCUT2D eigenvalue weighted by Crippen LogP contribution is 2.33. The minimum atomic E-state index is 0.704. The number of nitrogens with zero attached hydrogens (tertiary/aromatic N) is 2. The first-order chi connectivity index (χ1) is 8.79. The summed E-state index contributed by atoms with van der Waals surface area (Å²) in [5, 5.41) is 2.23. The molecule has 0 spiro atoms. The number of para-hydroxylation sites is 1.